The molecule has 0 bridgehead atoms. The zero-order valence-corrected chi connectivity index (χ0v) is 11.2. The lowest BCUT2D eigenvalue weighted by molar-refractivity contribution is 0.0581. The maximum Gasteiger partial charge on any atom is 0.271 e. The standard InChI is InChI=1S/C13H20N4O2/c1-14-12-9-16-11(8-17-12)13(18)15-6-7-19-10-4-2-3-5-10/h8-10H,2-7H2,1H3,(H,14,17)(H,15,18). The quantitative estimate of drug-likeness (QED) is 0.755. The minimum atomic E-state index is -0.217. The van der Waals surface area contributed by atoms with Crippen LogP contribution in [0.1, 0.15) is 36.2 Å². The molecular formula is C13H20N4O2. The minimum absolute atomic E-state index is 0.217. The van der Waals surface area contributed by atoms with E-state index in [2.05, 4.69) is 20.6 Å². The molecule has 0 spiro atoms. The predicted octanol–water partition coefficient (Wildman–Crippen LogP) is 1.21. The van der Waals surface area contributed by atoms with E-state index < -0.39 is 0 Å². The number of nitrogens with zero attached hydrogens (tertiary/aromatic N) is 2. The summed E-state index contributed by atoms with van der Waals surface area (Å²) in [6.07, 6.45) is 8.17. The van der Waals surface area contributed by atoms with E-state index in [1.165, 1.54) is 25.2 Å². The molecule has 0 aliphatic heterocycles. The van der Waals surface area contributed by atoms with Gasteiger partial charge < -0.3 is 15.4 Å². The van der Waals surface area contributed by atoms with Gasteiger partial charge in [-0.2, -0.15) is 0 Å². The van der Waals surface area contributed by atoms with E-state index in [0.29, 0.717) is 30.8 Å². The van der Waals surface area contributed by atoms with Gasteiger partial charge in [0.1, 0.15) is 11.5 Å². The third-order valence-corrected chi connectivity index (χ3v) is 3.18. The zero-order valence-electron chi connectivity index (χ0n) is 11.2. The lowest BCUT2D eigenvalue weighted by atomic mass is 10.3. The van der Waals surface area contributed by atoms with Crippen molar-refractivity contribution >= 4 is 11.7 Å². The fourth-order valence-electron chi connectivity index (χ4n) is 2.11. The molecule has 1 aliphatic carbocycles. The van der Waals surface area contributed by atoms with E-state index in [9.17, 15) is 4.79 Å². The van der Waals surface area contributed by atoms with Crippen LogP contribution in [0.15, 0.2) is 12.4 Å². The Bertz CT molecular complexity index is 402. The number of carbonyl (C=O) groups is 1. The van der Waals surface area contributed by atoms with Crippen LogP contribution in [0.3, 0.4) is 0 Å². The van der Waals surface area contributed by atoms with E-state index in [4.69, 9.17) is 4.74 Å². The highest BCUT2D eigenvalue weighted by Crippen LogP contribution is 2.20. The van der Waals surface area contributed by atoms with Crippen LogP contribution in [-0.4, -0.2) is 42.2 Å². The van der Waals surface area contributed by atoms with Gasteiger partial charge in [0.2, 0.25) is 0 Å². The lowest BCUT2D eigenvalue weighted by Crippen LogP contribution is -2.29. The molecule has 1 aromatic heterocycles. The Hall–Kier alpha value is -1.69. The first-order valence-corrected chi connectivity index (χ1v) is 6.69. The average molecular weight is 264 g/mol. The smallest absolute Gasteiger partial charge is 0.271 e. The second-order valence-electron chi connectivity index (χ2n) is 4.57. The molecule has 0 atom stereocenters. The fourth-order valence-corrected chi connectivity index (χ4v) is 2.11. The molecule has 1 amide bonds. The van der Waals surface area contributed by atoms with Crippen molar-refractivity contribution in [1.29, 1.82) is 0 Å². The highest BCUT2D eigenvalue weighted by molar-refractivity contribution is 5.91. The van der Waals surface area contributed by atoms with Gasteiger partial charge in [-0.15, -0.1) is 0 Å². The highest BCUT2D eigenvalue weighted by atomic mass is 16.5. The van der Waals surface area contributed by atoms with Crippen molar-refractivity contribution in [2.45, 2.75) is 31.8 Å². The van der Waals surface area contributed by atoms with Crippen molar-refractivity contribution in [1.82, 2.24) is 15.3 Å². The van der Waals surface area contributed by atoms with Crippen LogP contribution < -0.4 is 10.6 Å². The molecule has 1 saturated carbocycles. The van der Waals surface area contributed by atoms with Crippen molar-refractivity contribution in [3.8, 4) is 0 Å². The van der Waals surface area contributed by atoms with Crippen LogP contribution in [0, 0.1) is 0 Å². The molecule has 0 unspecified atom stereocenters. The topological polar surface area (TPSA) is 76.1 Å². The maximum atomic E-state index is 11.8. The molecule has 0 aromatic carbocycles. The summed E-state index contributed by atoms with van der Waals surface area (Å²) < 4.78 is 5.66. The molecule has 104 valence electrons. The molecule has 6 nitrogen and oxygen atoms in total. The Morgan fingerprint density at radius 3 is 2.79 bits per heavy atom. The molecule has 1 heterocycles. The number of anilines is 1. The SMILES string of the molecule is CNc1cnc(C(=O)NCCOC2CCCC2)cn1. The Balaban J connectivity index is 1.68. The van der Waals surface area contributed by atoms with Crippen molar-refractivity contribution in [2.24, 2.45) is 0 Å². The second-order valence-corrected chi connectivity index (χ2v) is 4.57. The first kappa shape index (κ1) is 13.7. The maximum absolute atomic E-state index is 11.8. The summed E-state index contributed by atoms with van der Waals surface area (Å²) >= 11 is 0. The molecule has 2 N–H and O–H groups in total. The number of ether oxygens (including phenoxy) is 1. The van der Waals surface area contributed by atoms with Crippen LogP contribution in [0.25, 0.3) is 0 Å². The lowest BCUT2D eigenvalue weighted by Gasteiger charge is -2.11. The largest absolute Gasteiger partial charge is 0.376 e. The van der Waals surface area contributed by atoms with Gasteiger partial charge in [0.25, 0.3) is 5.91 Å². The summed E-state index contributed by atoms with van der Waals surface area (Å²) in [5.74, 6) is 0.422. The van der Waals surface area contributed by atoms with Crippen molar-refractivity contribution in [3.63, 3.8) is 0 Å². The van der Waals surface area contributed by atoms with Gasteiger partial charge in [0, 0.05) is 13.6 Å². The highest BCUT2D eigenvalue weighted by Gasteiger charge is 2.15. The minimum Gasteiger partial charge on any atom is -0.376 e. The summed E-state index contributed by atoms with van der Waals surface area (Å²) in [6.45, 7) is 1.06. The van der Waals surface area contributed by atoms with Crippen molar-refractivity contribution < 1.29 is 9.53 Å². The van der Waals surface area contributed by atoms with Crippen LogP contribution in [-0.2, 0) is 4.74 Å². The first-order chi connectivity index (χ1) is 9.29. The third kappa shape index (κ3) is 4.17. The van der Waals surface area contributed by atoms with Gasteiger partial charge in [-0.1, -0.05) is 12.8 Å². The Morgan fingerprint density at radius 1 is 1.37 bits per heavy atom. The molecule has 0 radical (unpaired) electrons. The number of carbonyl (C=O) groups excluding carboxylic acids is 1. The van der Waals surface area contributed by atoms with Crippen molar-refractivity contribution in [2.75, 3.05) is 25.5 Å². The molecule has 2 rings (SSSR count). The zero-order chi connectivity index (χ0) is 13.5. The summed E-state index contributed by atoms with van der Waals surface area (Å²) in [5, 5.41) is 5.62. The van der Waals surface area contributed by atoms with Crippen LogP contribution in [0.5, 0.6) is 0 Å². The van der Waals surface area contributed by atoms with E-state index in [1.807, 2.05) is 0 Å². The van der Waals surface area contributed by atoms with Gasteiger partial charge in [-0.25, -0.2) is 9.97 Å². The second kappa shape index (κ2) is 7.04. The number of hydrogen-bond acceptors (Lipinski definition) is 5. The Kier molecular flexibility index (Phi) is 5.09. The third-order valence-electron chi connectivity index (χ3n) is 3.18. The van der Waals surface area contributed by atoms with Crippen molar-refractivity contribution in [3.05, 3.63) is 18.1 Å². The monoisotopic (exact) mass is 264 g/mol. The molecular weight excluding hydrogens is 244 g/mol. The Labute approximate surface area is 113 Å². The molecule has 6 heteroatoms. The van der Waals surface area contributed by atoms with E-state index in [0.717, 1.165) is 12.8 Å². The van der Waals surface area contributed by atoms with Crippen LogP contribution >= 0.6 is 0 Å². The average Bonchev–Trinajstić information content (AvgIpc) is 2.96. The molecule has 19 heavy (non-hydrogen) atoms. The van der Waals surface area contributed by atoms with Gasteiger partial charge in [0.15, 0.2) is 0 Å². The van der Waals surface area contributed by atoms with E-state index in [1.54, 1.807) is 7.05 Å². The van der Waals surface area contributed by atoms with E-state index in [-0.39, 0.29) is 5.91 Å². The number of amides is 1. The number of nitrogens with one attached hydrogen (secondary N) is 2. The summed E-state index contributed by atoms with van der Waals surface area (Å²) in [6, 6.07) is 0. The summed E-state index contributed by atoms with van der Waals surface area (Å²) in [7, 11) is 1.75. The van der Waals surface area contributed by atoms with Gasteiger partial charge >= 0.3 is 0 Å². The molecule has 1 aromatic rings. The van der Waals surface area contributed by atoms with Gasteiger partial charge in [-0.3, -0.25) is 4.79 Å². The van der Waals surface area contributed by atoms with E-state index >= 15 is 0 Å². The summed E-state index contributed by atoms with van der Waals surface area (Å²) in [5.41, 5.74) is 0.319. The number of rotatable bonds is 6. The predicted molar refractivity (Wildman–Crippen MR) is 72.1 cm³/mol. The fraction of sp³-hybridized carbons (Fsp3) is 0.615. The summed E-state index contributed by atoms with van der Waals surface area (Å²) in [4.78, 5) is 19.8. The van der Waals surface area contributed by atoms with Crippen LogP contribution in [0.2, 0.25) is 0 Å². The van der Waals surface area contributed by atoms with Gasteiger partial charge in [0.05, 0.1) is 25.1 Å². The Morgan fingerprint density at radius 2 is 2.16 bits per heavy atom. The normalized spacial score (nSPS) is 15.4. The molecule has 1 aliphatic rings. The molecule has 0 saturated heterocycles. The van der Waals surface area contributed by atoms with Crippen LogP contribution in [0.4, 0.5) is 5.82 Å². The van der Waals surface area contributed by atoms with Gasteiger partial charge in [-0.05, 0) is 12.8 Å². The first-order valence-electron chi connectivity index (χ1n) is 6.69. The number of aromatic nitrogens is 2. The molecule has 1 fully saturated rings. The number of hydrogen-bond donors (Lipinski definition) is 2.